The zero-order chi connectivity index (χ0) is 12.5. The third kappa shape index (κ3) is 2.66. The second kappa shape index (κ2) is 4.49. The van der Waals surface area contributed by atoms with Crippen molar-refractivity contribution in [3.8, 4) is 0 Å². The number of halogens is 3. The maximum absolute atomic E-state index is 12.5. The van der Waals surface area contributed by atoms with Crippen LogP contribution in [0.5, 0.6) is 0 Å². The molecule has 2 aromatic rings. The maximum atomic E-state index is 12.5. The third-order valence-corrected chi connectivity index (χ3v) is 3.57. The molecule has 17 heavy (non-hydrogen) atoms. The molecular formula is C12H9F3OS. The van der Waals surface area contributed by atoms with Crippen LogP contribution in [0.15, 0.2) is 24.3 Å². The highest BCUT2D eigenvalue weighted by atomic mass is 32.1. The largest absolute Gasteiger partial charge is 0.425 e. The summed E-state index contributed by atoms with van der Waals surface area (Å²) in [5.74, 6) is 0. The van der Waals surface area contributed by atoms with E-state index in [9.17, 15) is 18.0 Å². The van der Waals surface area contributed by atoms with Crippen molar-refractivity contribution in [3.05, 3.63) is 34.7 Å². The zero-order valence-electron chi connectivity index (χ0n) is 8.75. The summed E-state index contributed by atoms with van der Waals surface area (Å²) >= 11 is 0.742. The Morgan fingerprint density at radius 3 is 2.65 bits per heavy atom. The summed E-state index contributed by atoms with van der Waals surface area (Å²) in [4.78, 5) is 9.65. The first kappa shape index (κ1) is 12.1. The molecule has 0 aliphatic rings. The SMILES string of the molecule is O=CCCc1ccc2sc(C(F)(F)F)cc2c1. The van der Waals surface area contributed by atoms with Crippen LogP contribution in [0.4, 0.5) is 13.2 Å². The first-order valence-corrected chi connectivity index (χ1v) is 5.85. The van der Waals surface area contributed by atoms with Gasteiger partial charge in [0.1, 0.15) is 11.2 Å². The number of fused-ring (bicyclic) bond motifs is 1. The average Bonchev–Trinajstić information content (AvgIpc) is 2.68. The van der Waals surface area contributed by atoms with Gasteiger partial charge in [0.15, 0.2) is 0 Å². The zero-order valence-corrected chi connectivity index (χ0v) is 9.57. The fourth-order valence-electron chi connectivity index (χ4n) is 1.61. The molecule has 0 fully saturated rings. The minimum absolute atomic E-state index is 0.391. The first-order chi connectivity index (χ1) is 8.00. The van der Waals surface area contributed by atoms with Gasteiger partial charge >= 0.3 is 6.18 Å². The van der Waals surface area contributed by atoms with Crippen LogP contribution in [0.25, 0.3) is 10.1 Å². The molecule has 0 spiro atoms. The number of aryl methyl sites for hydroxylation is 1. The highest BCUT2D eigenvalue weighted by molar-refractivity contribution is 7.19. The number of benzene rings is 1. The number of hydrogen-bond donors (Lipinski definition) is 0. The Morgan fingerprint density at radius 2 is 2.00 bits per heavy atom. The Kier molecular flexibility index (Phi) is 3.19. The molecule has 0 radical (unpaired) electrons. The van der Waals surface area contributed by atoms with Gasteiger partial charge < -0.3 is 4.79 Å². The quantitative estimate of drug-likeness (QED) is 0.759. The summed E-state index contributed by atoms with van der Waals surface area (Å²) in [5, 5.41) is 0.589. The standard InChI is InChI=1S/C12H9F3OS/c13-12(14,15)11-7-9-6-8(2-1-5-16)3-4-10(9)17-11/h3-7H,1-2H2. The summed E-state index contributed by atoms with van der Waals surface area (Å²) < 4.78 is 38.1. The van der Waals surface area contributed by atoms with Gasteiger partial charge in [-0.2, -0.15) is 13.2 Å². The van der Waals surface area contributed by atoms with E-state index < -0.39 is 11.1 Å². The van der Waals surface area contributed by atoms with E-state index in [1.165, 1.54) is 0 Å². The highest BCUT2D eigenvalue weighted by Gasteiger charge is 2.32. The molecule has 0 aliphatic heterocycles. The Bertz CT molecular complexity index is 542. The van der Waals surface area contributed by atoms with E-state index in [0.717, 1.165) is 29.3 Å². The van der Waals surface area contributed by atoms with E-state index in [0.29, 0.717) is 22.9 Å². The van der Waals surface area contributed by atoms with Gasteiger partial charge in [-0.25, -0.2) is 0 Å². The molecule has 1 aromatic heterocycles. The highest BCUT2D eigenvalue weighted by Crippen LogP contribution is 2.38. The van der Waals surface area contributed by atoms with Gasteiger partial charge in [-0.3, -0.25) is 0 Å². The summed E-state index contributed by atoms with van der Waals surface area (Å²) in [6, 6.07) is 6.31. The lowest BCUT2D eigenvalue weighted by Gasteiger charge is -1.99. The van der Waals surface area contributed by atoms with E-state index >= 15 is 0 Å². The molecule has 0 aliphatic carbocycles. The van der Waals surface area contributed by atoms with Gasteiger partial charge in [-0.15, -0.1) is 11.3 Å². The van der Waals surface area contributed by atoms with Gasteiger partial charge in [-0.05, 0) is 29.5 Å². The van der Waals surface area contributed by atoms with Gasteiger partial charge in [0.25, 0.3) is 0 Å². The van der Waals surface area contributed by atoms with Crippen molar-refractivity contribution < 1.29 is 18.0 Å². The second-order valence-corrected chi connectivity index (χ2v) is 4.77. The van der Waals surface area contributed by atoms with Gasteiger partial charge in [0.2, 0.25) is 0 Å². The van der Waals surface area contributed by atoms with E-state index in [4.69, 9.17) is 0 Å². The fraction of sp³-hybridized carbons (Fsp3) is 0.250. The third-order valence-electron chi connectivity index (χ3n) is 2.41. The molecule has 90 valence electrons. The van der Waals surface area contributed by atoms with Crippen LogP contribution < -0.4 is 0 Å². The average molecular weight is 258 g/mol. The van der Waals surface area contributed by atoms with Crippen LogP contribution in [0, 0.1) is 0 Å². The first-order valence-electron chi connectivity index (χ1n) is 5.04. The number of alkyl halides is 3. The van der Waals surface area contributed by atoms with Crippen LogP contribution in [0.1, 0.15) is 16.9 Å². The number of carbonyl (C=O) groups is 1. The molecule has 1 aromatic carbocycles. The number of rotatable bonds is 3. The Labute approximate surface area is 99.9 Å². The summed E-state index contributed by atoms with van der Waals surface area (Å²) in [6.07, 6.45) is -2.52. The molecule has 5 heteroatoms. The number of carbonyl (C=O) groups excluding carboxylic acids is 1. The number of aldehydes is 1. The molecule has 1 nitrogen and oxygen atoms in total. The molecule has 0 saturated heterocycles. The normalized spacial score (nSPS) is 11.9. The predicted octanol–water partition coefficient (Wildman–Crippen LogP) is 4.05. The second-order valence-electron chi connectivity index (χ2n) is 3.69. The van der Waals surface area contributed by atoms with Crippen molar-refractivity contribution in [3.63, 3.8) is 0 Å². The van der Waals surface area contributed by atoms with Crippen molar-refractivity contribution in [2.24, 2.45) is 0 Å². The van der Waals surface area contributed by atoms with Crippen molar-refractivity contribution in [2.75, 3.05) is 0 Å². The summed E-state index contributed by atoms with van der Waals surface area (Å²) in [7, 11) is 0. The number of thiophene rings is 1. The minimum Gasteiger partial charge on any atom is -0.303 e. The molecule has 0 amide bonds. The number of hydrogen-bond acceptors (Lipinski definition) is 2. The monoisotopic (exact) mass is 258 g/mol. The van der Waals surface area contributed by atoms with E-state index in [2.05, 4.69) is 0 Å². The van der Waals surface area contributed by atoms with Crippen LogP contribution in [-0.2, 0) is 17.4 Å². The predicted molar refractivity (Wildman–Crippen MR) is 61.2 cm³/mol. The van der Waals surface area contributed by atoms with E-state index in [-0.39, 0.29) is 0 Å². The molecule has 0 atom stereocenters. The van der Waals surface area contributed by atoms with Crippen molar-refractivity contribution in [2.45, 2.75) is 19.0 Å². The van der Waals surface area contributed by atoms with Crippen molar-refractivity contribution in [1.82, 2.24) is 0 Å². The Hall–Kier alpha value is -1.36. The van der Waals surface area contributed by atoms with Crippen molar-refractivity contribution >= 4 is 27.7 Å². The Balaban J connectivity index is 2.37. The summed E-state index contributed by atoms with van der Waals surface area (Å²) in [6.45, 7) is 0. The lowest BCUT2D eigenvalue weighted by molar-refractivity contribution is -0.134. The molecule has 0 bridgehead atoms. The lowest BCUT2D eigenvalue weighted by atomic mass is 10.1. The molecular weight excluding hydrogens is 249 g/mol. The molecule has 2 rings (SSSR count). The van der Waals surface area contributed by atoms with Gasteiger partial charge in [-0.1, -0.05) is 12.1 Å². The summed E-state index contributed by atoms with van der Waals surface area (Å²) in [5.41, 5.74) is 0.885. The molecule has 0 N–H and O–H groups in total. The lowest BCUT2D eigenvalue weighted by Crippen LogP contribution is -2.00. The molecule has 1 heterocycles. The van der Waals surface area contributed by atoms with Gasteiger partial charge in [0.05, 0.1) is 0 Å². The fourth-order valence-corrected chi connectivity index (χ4v) is 2.52. The van der Waals surface area contributed by atoms with Crippen LogP contribution in [-0.4, -0.2) is 6.29 Å². The van der Waals surface area contributed by atoms with Crippen LogP contribution in [0.3, 0.4) is 0 Å². The van der Waals surface area contributed by atoms with Gasteiger partial charge in [0, 0.05) is 11.1 Å². The van der Waals surface area contributed by atoms with E-state index in [1.807, 2.05) is 0 Å². The Morgan fingerprint density at radius 1 is 1.24 bits per heavy atom. The molecule has 0 saturated carbocycles. The topological polar surface area (TPSA) is 17.1 Å². The molecule has 0 unspecified atom stereocenters. The maximum Gasteiger partial charge on any atom is 0.425 e. The van der Waals surface area contributed by atoms with E-state index in [1.54, 1.807) is 18.2 Å². The smallest absolute Gasteiger partial charge is 0.303 e. The van der Waals surface area contributed by atoms with Crippen LogP contribution >= 0.6 is 11.3 Å². The van der Waals surface area contributed by atoms with Crippen molar-refractivity contribution in [1.29, 1.82) is 0 Å². The minimum atomic E-state index is -4.29. The van der Waals surface area contributed by atoms with Crippen LogP contribution in [0.2, 0.25) is 0 Å².